The third-order valence-corrected chi connectivity index (χ3v) is 4.24. The molecule has 0 spiro atoms. The van der Waals surface area contributed by atoms with Gasteiger partial charge in [0.05, 0.1) is 13.2 Å². The van der Waals surface area contributed by atoms with Crippen molar-refractivity contribution in [3.8, 4) is 5.75 Å². The van der Waals surface area contributed by atoms with Crippen molar-refractivity contribution < 1.29 is 9.84 Å². The first kappa shape index (κ1) is 15.2. The lowest BCUT2D eigenvalue weighted by Crippen LogP contribution is -2.40. The van der Waals surface area contributed by atoms with Crippen LogP contribution in [0.4, 0.5) is 5.69 Å². The molecule has 1 heterocycles. The van der Waals surface area contributed by atoms with E-state index >= 15 is 0 Å². The molecule has 3 heteroatoms. The predicted octanol–water partition coefficient (Wildman–Crippen LogP) is 3.91. The van der Waals surface area contributed by atoms with Gasteiger partial charge in [0.25, 0.3) is 0 Å². The average molecular weight is 277 g/mol. The lowest BCUT2D eigenvalue weighted by Gasteiger charge is -2.39. The fourth-order valence-electron chi connectivity index (χ4n) is 3.33. The minimum Gasteiger partial charge on any atom is -0.496 e. The van der Waals surface area contributed by atoms with Crippen molar-refractivity contribution in [2.45, 2.75) is 58.1 Å². The molecular weight excluding hydrogens is 250 g/mol. The summed E-state index contributed by atoms with van der Waals surface area (Å²) in [7, 11) is 1.67. The van der Waals surface area contributed by atoms with Gasteiger partial charge in [-0.25, -0.2) is 0 Å². The Labute approximate surface area is 122 Å². The molecule has 1 saturated heterocycles. The highest BCUT2D eigenvalue weighted by Gasteiger charge is 2.26. The molecule has 1 aromatic carbocycles. The number of methoxy groups -OCH3 is 1. The highest BCUT2D eigenvalue weighted by Crippen LogP contribution is 2.38. The van der Waals surface area contributed by atoms with E-state index in [1.807, 2.05) is 19.1 Å². The fraction of sp³-hybridized carbons (Fsp3) is 0.647. The summed E-state index contributed by atoms with van der Waals surface area (Å²) in [6, 6.07) is 6.68. The second-order valence-electron chi connectivity index (χ2n) is 5.70. The molecule has 1 fully saturated rings. The van der Waals surface area contributed by atoms with Crippen LogP contribution in [0.1, 0.15) is 57.6 Å². The Morgan fingerprint density at radius 1 is 1.40 bits per heavy atom. The van der Waals surface area contributed by atoms with E-state index in [4.69, 9.17) is 4.74 Å². The first-order valence-electron chi connectivity index (χ1n) is 7.80. The van der Waals surface area contributed by atoms with E-state index in [0.29, 0.717) is 6.04 Å². The molecule has 1 aliphatic heterocycles. The van der Waals surface area contributed by atoms with Crippen molar-refractivity contribution in [1.82, 2.24) is 0 Å². The molecule has 1 N–H and O–H groups in total. The van der Waals surface area contributed by atoms with Crippen LogP contribution in [0.25, 0.3) is 0 Å². The Kier molecular flexibility index (Phi) is 5.30. The lowest BCUT2D eigenvalue weighted by atomic mass is 9.95. The van der Waals surface area contributed by atoms with Crippen LogP contribution in [-0.2, 0) is 0 Å². The van der Waals surface area contributed by atoms with Gasteiger partial charge in [0, 0.05) is 23.8 Å². The summed E-state index contributed by atoms with van der Waals surface area (Å²) in [5.74, 6) is 0.790. The second kappa shape index (κ2) is 6.98. The summed E-state index contributed by atoms with van der Waals surface area (Å²) in [6.07, 6.45) is 5.72. The van der Waals surface area contributed by atoms with Crippen LogP contribution >= 0.6 is 0 Å². The Morgan fingerprint density at radius 3 is 2.85 bits per heavy atom. The molecule has 0 aliphatic carbocycles. The zero-order chi connectivity index (χ0) is 14.5. The normalized spacial score (nSPS) is 20.8. The molecule has 0 bridgehead atoms. The van der Waals surface area contributed by atoms with Gasteiger partial charge in [0.15, 0.2) is 0 Å². The highest BCUT2D eigenvalue weighted by molar-refractivity contribution is 5.61. The highest BCUT2D eigenvalue weighted by atomic mass is 16.5. The number of hydrogen-bond acceptors (Lipinski definition) is 3. The Bertz CT molecular complexity index is 429. The maximum Gasteiger partial charge on any atom is 0.126 e. The molecule has 1 aliphatic rings. The molecule has 2 rings (SSSR count). The SMILES string of the molecule is CCCC1CCCCN1c1cccc(OC)c1[C@H](C)O. The van der Waals surface area contributed by atoms with Gasteiger partial charge in [-0.15, -0.1) is 0 Å². The molecule has 2 atom stereocenters. The number of rotatable bonds is 5. The van der Waals surface area contributed by atoms with E-state index in [0.717, 1.165) is 23.5 Å². The van der Waals surface area contributed by atoms with Crippen LogP contribution in [0.3, 0.4) is 0 Å². The fourth-order valence-corrected chi connectivity index (χ4v) is 3.33. The van der Waals surface area contributed by atoms with Gasteiger partial charge in [-0.3, -0.25) is 0 Å². The van der Waals surface area contributed by atoms with E-state index < -0.39 is 6.10 Å². The van der Waals surface area contributed by atoms with E-state index in [1.54, 1.807) is 7.11 Å². The minimum atomic E-state index is -0.509. The molecule has 112 valence electrons. The summed E-state index contributed by atoms with van der Waals surface area (Å²) in [5, 5.41) is 10.2. The second-order valence-corrected chi connectivity index (χ2v) is 5.70. The number of hydrogen-bond donors (Lipinski definition) is 1. The number of anilines is 1. The summed E-state index contributed by atoms with van der Waals surface area (Å²) in [5.41, 5.74) is 2.08. The summed E-state index contributed by atoms with van der Waals surface area (Å²) in [4.78, 5) is 2.48. The molecule has 0 amide bonds. The van der Waals surface area contributed by atoms with Crippen molar-refractivity contribution in [3.63, 3.8) is 0 Å². The van der Waals surface area contributed by atoms with Gasteiger partial charge in [0.2, 0.25) is 0 Å². The van der Waals surface area contributed by atoms with Crippen molar-refractivity contribution in [1.29, 1.82) is 0 Å². The summed E-state index contributed by atoms with van der Waals surface area (Å²) < 4.78 is 5.45. The molecule has 1 unspecified atom stereocenters. The standard InChI is InChI=1S/C17H27NO2/c1-4-8-14-9-5-6-12-18(14)15-10-7-11-16(20-3)17(15)13(2)19/h7,10-11,13-14,19H,4-6,8-9,12H2,1-3H3/t13-,14?/m0/s1. The third kappa shape index (κ3) is 3.09. The summed E-state index contributed by atoms with van der Waals surface area (Å²) >= 11 is 0. The van der Waals surface area contributed by atoms with Crippen LogP contribution in [-0.4, -0.2) is 24.8 Å². The Hall–Kier alpha value is -1.22. The van der Waals surface area contributed by atoms with E-state index in [2.05, 4.69) is 17.9 Å². The first-order chi connectivity index (χ1) is 9.69. The average Bonchev–Trinajstić information content (AvgIpc) is 2.47. The number of piperidine rings is 1. The third-order valence-electron chi connectivity index (χ3n) is 4.24. The summed E-state index contributed by atoms with van der Waals surface area (Å²) in [6.45, 7) is 5.14. The molecular formula is C17H27NO2. The molecule has 0 radical (unpaired) electrons. The van der Waals surface area contributed by atoms with Crippen molar-refractivity contribution in [3.05, 3.63) is 23.8 Å². The van der Waals surface area contributed by atoms with Crippen LogP contribution in [0.15, 0.2) is 18.2 Å². The monoisotopic (exact) mass is 277 g/mol. The lowest BCUT2D eigenvalue weighted by molar-refractivity contribution is 0.194. The number of benzene rings is 1. The van der Waals surface area contributed by atoms with Gasteiger partial charge in [-0.2, -0.15) is 0 Å². The van der Waals surface area contributed by atoms with Crippen molar-refractivity contribution >= 4 is 5.69 Å². The van der Waals surface area contributed by atoms with Crippen LogP contribution in [0.2, 0.25) is 0 Å². The molecule has 20 heavy (non-hydrogen) atoms. The topological polar surface area (TPSA) is 32.7 Å². The molecule has 0 aromatic heterocycles. The quantitative estimate of drug-likeness (QED) is 0.885. The minimum absolute atomic E-state index is 0.509. The van der Waals surface area contributed by atoms with E-state index in [-0.39, 0.29) is 0 Å². The number of ether oxygens (including phenoxy) is 1. The van der Waals surface area contributed by atoms with Gasteiger partial charge in [-0.05, 0) is 44.7 Å². The largest absolute Gasteiger partial charge is 0.496 e. The van der Waals surface area contributed by atoms with Gasteiger partial charge in [0.1, 0.15) is 5.75 Å². The van der Waals surface area contributed by atoms with Gasteiger partial charge >= 0.3 is 0 Å². The number of aliphatic hydroxyl groups excluding tert-OH is 1. The Morgan fingerprint density at radius 2 is 2.20 bits per heavy atom. The smallest absolute Gasteiger partial charge is 0.126 e. The predicted molar refractivity (Wildman–Crippen MR) is 83.5 cm³/mol. The number of nitrogens with zero attached hydrogens (tertiary/aromatic N) is 1. The van der Waals surface area contributed by atoms with E-state index in [9.17, 15) is 5.11 Å². The number of aliphatic hydroxyl groups is 1. The maximum atomic E-state index is 10.2. The Balaban J connectivity index is 2.39. The molecule has 0 saturated carbocycles. The van der Waals surface area contributed by atoms with Crippen LogP contribution in [0, 0.1) is 0 Å². The van der Waals surface area contributed by atoms with Gasteiger partial charge in [-0.1, -0.05) is 19.4 Å². The molecule has 3 nitrogen and oxygen atoms in total. The van der Waals surface area contributed by atoms with Crippen molar-refractivity contribution in [2.24, 2.45) is 0 Å². The van der Waals surface area contributed by atoms with Gasteiger partial charge < -0.3 is 14.7 Å². The van der Waals surface area contributed by atoms with Crippen molar-refractivity contribution in [2.75, 3.05) is 18.6 Å². The van der Waals surface area contributed by atoms with Crippen LogP contribution in [0.5, 0.6) is 5.75 Å². The zero-order valence-electron chi connectivity index (χ0n) is 12.9. The first-order valence-corrected chi connectivity index (χ1v) is 7.80. The van der Waals surface area contributed by atoms with E-state index in [1.165, 1.54) is 32.1 Å². The molecule has 1 aromatic rings. The zero-order valence-corrected chi connectivity index (χ0v) is 12.9. The van der Waals surface area contributed by atoms with Crippen LogP contribution < -0.4 is 9.64 Å². The maximum absolute atomic E-state index is 10.2.